The first-order valence-corrected chi connectivity index (χ1v) is 8.43. The van der Waals surface area contributed by atoms with E-state index in [1.165, 1.54) is 17.8 Å². The molecule has 0 aromatic carbocycles. The fraction of sp³-hybridized carbons (Fsp3) is 0.688. The van der Waals surface area contributed by atoms with Gasteiger partial charge in [0.15, 0.2) is 11.5 Å². The molecule has 1 atom stereocenters. The maximum absolute atomic E-state index is 12.3. The lowest BCUT2D eigenvalue weighted by molar-refractivity contribution is 0.0944. The van der Waals surface area contributed by atoms with E-state index in [1.807, 2.05) is 13.8 Å². The van der Waals surface area contributed by atoms with Crippen LogP contribution < -0.4 is 15.4 Å². The molecule has 0 radical (unpaired) electrons. The van der Waals surface area contributed by atoms with Crippen LogP contribution in [0.25, 0.3) is 0 Å². The number of nitrogen functional groups attached to an aromatic ring is 1. The molecule has 0 amide bonds. The molecule has 1 aliphatic rings. The van der Waals surface area contributed by atoms with E-state index < -0.39 is 0 Å². The fourth-order valence-corrected chi connectivity index (χ4v) is 4.10. The summed E-state index contributed by atoms with van der Waals surface area (Å²) in [4.78, 5) is 15.3. The number of carbonyl (C=O) groups excluding carboxylic acids is 1. The average molecular weight is 310 g/mol. The summed E-state index contributed by atoms with van der Waals surface area (Å²) in [6, 6.07) is 0. The van der Waals surface area contributed by atoms with Crippen molar-refractivity contribution < 1.29 is 9.53 Å². The van der Waals surface area contributed by atoms with Gasteiger partial charge in [-0.1, -0.05) is 27.7 Å². The molecule has 4 nitrogen and oxygen atoms in total. The highest BCUT2D eigenvalue weighted by molar-refractivity contribution is 7.19. The number of anilines is 2. The summed E-state index contributed by atoms with van der Waals surface area (Å²) in [5.74, 6) is 2.10. The molecule has 0 spiro atoms. The van der Waals surface area contributed by atoms with Gasteiger partial charge in [0.2, 0.25) is 0 Å². The highest BCUT2D eigenvalue weighted by atomic mass is 32.1. The Bertz CT molecular complexity index is 523. The molecule has 2 heterocycles. The van der Waals surface area contributed by atoms with Gasteiger partial charge in [-0.25, -0.2) is 0 Å². The van der Waals surface area contributed by atoms with Crippen molar-refractivity contribution in [1.82, 2.24) is 0 Å². The van der Waals surface area contributed by atoms with Crippen molar-refractivity contribution in [3.05, 3.63) is 4.88 Å². The third-order valence-electron chi connectivity index (χ3n) is 4.29. The molecule has 118 valence electrons. The highest BCUT2D eigenvalue weighted by Gasteiger charge is 2.31. The quantitative estimate of drug-likeness (QED) is 0.843. The summed E-state index contributed by atoms with van der Waals surface area (Å²) < 4.78 is 5.49. The second-order valence-corrected chi connectivity index (χ2v) is 7.44. The zero-order valence-corrected chi connectivity index (χ0v) is 14.4. The van der Waals surface area contributed by atoms with Crippen LogP contribution in [0.1, 0.15) is 43.8 Å². The summed E-state index contributed by atoms with van der Waals surface area (Å²) in [7, 11) is 1.63. The van der Waals surface area contributed by atoms with Crippen molar-refractivity contribution in [3.63, 3.8) is 0 Å². The van der Waals surface area contributed by atoms with Gasteiger partial charge in [0, 0.05) is 19.0 Å². The summed E-state index contributed by atoms with van der Waals surface area (Å²) in [5, 5.41) is 1.02. The van der Waals surface area contributed by atoms with Crippen molar-refractivity contribution in [2.24, 2.45) is 17.8 Å². The predicted octanol–water partition coefficient (Wildman–Crippen LogP) is 3.66. The van der Waals surface area contributed by atoms with Gasteiger partial charge in [0.05, 0.1) is 17.7 Å². The number of thiophene rings is 1. The molecule has 1 fully saturated rings. The van der Waals surface area contributed by atoms with Crippen molar-refractivity contribution in [1.29, 1.82) is 0 Å². The number of ether oxygens (including phenoxy) is 1. The molecular weight excluding hydrogens is 284 g/mol. The van der Waals surface area contributed by atoms with Gasteiger partial charge >= 0.3 is 0 Å². The van der Waals surface area contributed by atoms with Crippen LogP contribution in [0.4, 0.5) is 10.7 Å². The third kappa shape index (κ3) is 3.03. The number of hydrogen-bond donors (Lipinski definition) is 1. The van der Waals surface area contributed by atoms with Crippen LogP contribution in [0.3, 0.4) is 0 Å². The van der Waals surface area contributed by atoms with E-state index in [0.29, 0.717) is 28.1 Å². The molecule has 1 aromatic rings. The number of hydrogen-bond acceptors (Lipinski definition) is 5. The third-order valence-corrected chi connectivity index (χ3v) is 5.55. The van der Waals surface area contributed by atoms with Crippen LogP contribution in [-0.2, 0) is 0 Å². The molecule has 0 aliphatic carbocycles. The summed E-state index contributed by atoms with van der Waals surface area (Å²) in [6.07, 6.45) is 1.19. The molecule has 21 heavy (non-hydrogen) atoms. The van der Waals surface area contributed by atoms with E-state index in [1.54, 1.807) is 7.11 Å². The van der Waals surface area contributed by atoms with E-state index in [2.05, 4.69) is 18.7 Å². The smallest absolute Gasteiger partial charge is 0.177 e. The lowest BCUT2D eigenvalue weighted by Gasteiger charge is -2.19. The first-order valence-electron chi connectivity index (χ1n) is 7.62. The topological polar surface area (TPSA) is 55.6 Å². The van der Waals surface area contributed by atoms with Crippen molar-refractivity contribution >= 4 is 27.8 Å². The first-order chi connectivity index (χ1) is 9.86. The number of methoxy groups -OCH3 is 1. The van der Waals surface area contributed by atoms with Gasteiger partial charge in [0.25, 0.3) is 0 Å². The Morgan fingerprint density at radius 2 is 2.05 bits per heavy atom. The van der Waals surface area contributed by atoms with Gasteiger partial charge < -0.3 is 15.4 Å². The van der Waals surface area contributed by atoms with Crippen molar-refractivity contribution in [2.75, 3.05) is 30.8 Å². The zero-order chi connectivity index (χ0) is 15.7. The van der Waals surface area contributed by atoms with Crippen LogP contribution in [-0.4, -0.2) is 26.0 Å². The Labute approximate surface area is 131 Å². The minimum Gasteiger partial charge on any atom is -0.492 e. The molecule has 1 aliphatic heterocycles. The number of nitrogens with zero attached hydrogens (tertiary/aromatic N) is 1. The fourth-order valence-electron chi connectivity index (χ4n) is 2.78. The molecule has 2 N–H and O–H groups in total. The number of nitrogens with two attached hydrogens (primary N) is 1. The van der Waals surface area contributed by atoms with E-state index in [0.717, 1.165) is 18.1 Å². The van der Waals surface area contributed by atoms with Gasteiger partial charge in [0.1, 0.15) is 5.00 Å². The van der Waals surface area contributed by atoms with Gasteiger partial charge in [-0.15, -0.1) is 11.3 Å². The second kappa shape index (κ2) is 6.26. The van der Waals surface area contributed by atoms with E-state index in [-0.39, 0.29) is 11.7 Å². The Morgan fingerprint density at radius 1 is 1.38 bits per heavy atom. The van der Waals surface area contributed by atoms with Gasteiger partial charge in [-0.05, 0) is 18.3 Å². The van der Waals surface area contributed by atoms with Crippen LogP contribution >= 0.6 is 11.3 Å². The van der Waals surface area contributed by atoms with E-state index in [9.17, 15) is 4.79 Å². The first kappa shape index (κ1) is 16.1. The molecule has 1 unspecified atom stereocenters. The van der Waals surface area contributed by atoms with Gasteiger partial charge in [-0.2, -0.15) is 0 Å². The molecule has 1 aromatic heterocycles. The number of rotatable bonds is 5. The van der Waals surface area contributed by atoms with Crippen LogP contribution in [0.2, 0.25) is 0 Å². The minimum absolute atomic E-state index is 0.0505. The Balaban J connectivity index is 2.32. The average Bonchev–Trinajstić information content (AvgIpc) is 3.02. The Kier molecular flexibility index (Phi) is 4.81. The van der Waals surface area contributed by atoms with Crippen molar-refractivity contribution in [2.45, 2.75) is 34.1 Å². The largest absolute Gasteiger partial charge is 0.492 e. The maximum Gasteiger partial charge on any atom is 0.177 e. The summed E-state index contributed by atoms with van der Waals surface area (Å²) in [5.41, 5.74) is 6.66. The van der Waals surface area contributed by atoms with Gasteiger partial charge in [-0.3, -0.25) is 4.79 Å². The molecule has 0 saturated carbocycles. The Morgan fingerprint density at radius 3 is 2.52 bits per heavy atom. The molecular formula is C16H26N2O2S. The molecule has 2 rings (SSSR count). The van der Waals surface area contributed by atoms with E-state index >= 15 is 0 Å². The highest BCUT2D eigenvalue weighted by Crippen LogP contribution is 2.47. The monoisotopic (exact) mass is 310 g/mol. The number of Topliss-reactive ketones (excluding diaryl/α,β-unsaturated/α-hetero) is 1. The normalized spacial score (nSPS) is 18.8. The number of ketones is 1. The zero-order valence-electron chi connectivity index (χ0n) is 13.6. The van der Waals surface area contributed by atoms with Crippen molar-refractivity contribution in [3.8, 4) is 5.75 Å². The predicted molar refractivity (Wildman–Crippen MR) is 89.6 cm³/mol. The second-order valence-electron chi connectivity index (χ2n) is 6.44. The summed E-state index contributed by atoms with van der Waals surface area (Å²) in [6.45, 7) is 10.4. The number of carbonyl (C=O) groups is 1. The SMILES string of the molecule is COc1c(N2CCC(C(C)C)C2)sc(C(=O)C(C)C)c1N. The van der Waals surface area contributed by atoms with Crippen LogP contribution in [0, 0.1) is 17.8 Å². The molecule has 5 heteroatoms. The summed E-state index contributed by atoms with van der Waals surface area (Å²) >= 11 is 1.48. The Hall–Kier alpha value is -1.23. The van der Waals surface area contributed by atoms with E-state index in [4.69, 9.17) is 10.5 Å². The molecule has 1 saturated heterocycles. The lowest BCUT2D eigenvalue weighted by atomic mass is 9.95. The minimum atomic E-state index is -0.0505. The molecule has 0 bridgehead atoms. The maximum atomic E-state index is 12.3. The lowest BCUT2D eigenvalue weighted by Crippen LogP contribution is -2.20. The van der Waals surface area contributed by atoms with Crippen LogP contribution in [0.5, 0.6) is 5.75 Å². The standard InChI is InChI=1S/C16H26N2O2S/c1-9(2)11-6-7-18(8-11)16-14(20-5)12(17)15(21-16)13(19)10(3)4/h9-11H,6-8,17H2,1-5H3. The van der Waals surface area contributed by atoms with Crippen LogP contribution in [0.15, 0.2) is 0 Å².